The van der Waals surface area contributed by atoms with E-state index in [1.807, 2.05) is 19.1 Å². The van der Waals surface area contributed by atoms with Crippen molar-refractivity contribution in [2.24, 2.45) is 0 Å². The molecule has 2 aromatic carbocycles. The summed E-state index contributed by atoms with van der Waals surface area (Å²) in [6.07, 6.45) is -0.882. The molecule has 106 valence electrons. The highest BCUT2D eigenvalue weighted by atomic mass is 16.3. The van der Waals surface area contributed by atoms with Gasteiger partial charge >= 0.3 is 0 Å². The van der Waals surface area contributed by atoms with Crippen LogP contribution >= 0.6 is 0 Å². The van der Waals surface area contributed by atoms with Gasteiger partial charge in [-0.1, -0.05) is 42.0 Å². The molecule has 0 spiro atoms. The van der Waals surface area contributed by atoms with Crippen molar-refractivity contribution in [3.8, 4) is 0 Å². The van der Waals surface area contributed by atoms with Gasteiger partial charge < -0.3 is 5.11 Å². The maximum absolute atomic E-state index is 12.2. The van der Waals surface area contributed by atoms with Crippen LogP contribution in [0.25, 0.3) is 0 Å². The van der Waals surface area contributed by atoms with Crippen molar-refractivity contribution in [1.29, 1.82) is 0 Å². The molecule has 0 radical (unpaired) electrons. The Bertz CT molecular complexity index is 671. The first-order valence-corrected chi connectivity index (χ1v) is 6.78. The van der Waals surface area contributed by atoms with Gasteiger partial charge in [0, 0.05) is 0 Å². The largest absolute Gasteiger partial charge is 0.387 e. The number of aliphatic hydroxyl groups excluding tert-OH is 1. The molecule has 1 aliphatic heterocycles. The number of carbonyl (C=O) groups excluding carboxylic acids is 2. The number of aliphatic hydroxyl groups is 1. The number of aryl methyl sites for hydroxylation is 1. The molecular weight excluding hydrogens is 266 g/mol. The summed E-state index contributed by atoms with van der Waals surface area (Å²) in [6.45, 7) is 1.93. The lowest BCUT2D eigenvalue weighted by atomic mass is 10.1. The smallest absolute Gasteiger partial charge is 0.261 e. The van der Waals surface area contributed by atoms with Gasteiger partial charge in [-0.15, -0.1) is 0 Å². The average molecular weight is 281 g/mol. The molecule has 4 heteroatoms. The fraction of sp³-hybridized carbons (Fsp3) is 0.176. The minimum Gasteiger partial charge on any atom is -0.387 e. The maximum atomic E-state index is 12.2. The Morgan fingerprint density at radius 3 is 2.00 bits per heavy atom. The van der Waals surface area contributed by atoms with Crippen LogP contribution in [0, 0.1) is 6.92 Å². The Morgan fingerprint density at radius 1 is 0.952 bits per heavy atom. The van der Waals surface area contributed by atoms with E-state index < -0.39 is 6.10 Å². The lowest BCUT2D eigenvalue weighted by molar-refractivity contribution is 0.0543. The zero-order chi connectivity index (χ0) is 15.0. The van der Waals surface area contributed by atoms with E-state index in [-0.39, 0.29) is 18.4 Å². The van der Waals surface area contributed by atoms with Gasteiger partial charge in [0.1, 0.15) is 0 Å². The third kappa shape index (κ3) is 2.34. The first-order chi connectivity index (χ1) is 10.1. The molecule has 2 amide bonds. The SMILES string of the molecule is Cc1ccc(C(O)CN2C(=O)c3ccccc3C2=O)cc1. The van der Waals surface area contributed by atoms with Crippen molar-refractivity contribution in [3.63, 3.8) is 0 Å². The maximum Gasteiger partial charge on any atom is 0.261 e. The lowest BCUT2D eigenvalue weighted by Crippen LogP contribution is -2.33. The van der Waals surface area contributed by atoms with Gasteiger partial charge in [-0.2, -0.15) is 0 Å². The van der Waals surface area contributed by atoms with Gasteiger partial charge in [-0.05, 0) is 24.6 Å². The summed E-state index contributed by atoms with van der Waals surface area (Å²) < 4.78 is 0. The number of amides is 2. The van der Waals surface area contributed by atoms with E-state index in [0.29, 0.717) is 16.7 Å². The Hall–Kier alpha value is -2.46. The van der Waals surface area contributed by atoms with Crippen molar-refractivity contribution >= 4 is 11.8 Å². The van der Waals surface area contributed by atoms with Crippen LogP contribution in [0.5, 0.6) is 0 Å². The normalized spacial score (nSPS) is 15.2. The summed E-state index contributed by atoms with van der Waals surface area (Å²) >= 11 is 0. The third-order valence-electron chi connectivity index (χ3n) is 3.70. The number of benzene rings is 2. The van der Waals surface area contributed by atoms with Crippen molar-refractivity contribution in [1.82, 2.24) is 4.90 Å². The lowest BCUT2D eigenvalue weighted by Gasteiger charge is -2.18. The fourth-order valence-electron chi connectivity index (χ4n) is 2.47. The minimum absolute atomic E-state index is 0.0323. The third-order valence-corrected chi connectivity index (χ3v) is 3.70. The summed E-state index contributed by atoms with van der Waals surface area (Å²) in [5.74, 6) is -0.691. The molecule has 1 aliphatic rings. The quantitative estimate of drug-likeness (QED) is 0.878. The second-order valence-corrected chi connectivity index (χ2v) is 5.19. The molecule has 3 rings (SSSR count). The molecule has 2 aromatic rings. The highest BCUT2D eigenvalue weighted by Gasteiger charge is 2.36. The second-order valence-electron chi connectivity index (χ2n) is 5.19. The monoisotopic (exact) mass is 281 g/mol. The number of rotatable bonds is 3. The van der Waals surface area contributed by atoms with Crippen LogP contribution in [-0.2, 0) is 0 Å². The molecule has 1 N–H and O–H groups in total. The van der Waals surface area contributed by atoms with Crippen LogP contribution in [0.4, 0.5) is 0 Å². The minimum atomic E-state index is -0.882. The Labute approximate surface area is 122 Å². The van der Waals surface area contributed by atoms with Crippen LogP contribution in [0.1, 0.15) is 37.9 Å². The van der Waals surface area contributed by atoms with E-state index in [1.54, 1.807) is 36.4 Å². The van der Waals surface area contributed by atoms with Gasteiger partial charge in [0.05, 0.1) is 23.8 Å². The predicted octanol–water partition coefficient (Wildman–Crippen LogP) is 2.32. The Morgan fingerprint density at radius 2 is 1.48 bits per heavy atom. The van der Waals surface area contributed by atoms with Gasteiger partial charge in [0.25, 0.3) is 11.8 Å². The van der Waals surface area contributed by atoms with Gasteiger partial charge in [0.2, 0.25) is 0 Å². The molecule has 0 saturated carbocycles. The molecule has 1 atom stereocenters. The topological polar surface area (TPSA) is 57.6 Å². The van der Waals surface area contributed by atoms with Crippen LogP contribution in [0.3, 0.4) is 0 Å². The van der Waals surface area contributed by atoms with Crippen LogP contribution in [0.15, 0.2) is 48.5 Å². The van der Waals surface area contributed by atoms with Crippen LogP contribution in [0.2, 0.25) is 0 Å². The molecule has 0 aliphatic carbocycles. The number of fused-ring (bicyclic) bond motifs is 1. The number of imide groups is 1. The van der Waals surface area contributed by atoms with Crippen molar-refractivity contribution in [3.05, 3.63) is 70.8 Å². The molecule has 0 aromatic heterocycles. The fourth-order valence-corrected chi connectivity index (χ4v) is 2.47. The zero-order valence-electron chi connectivity index (χ0n) is 11.6. The number of nitrogens with zero attached hydrogens (tertiary/aromatic N) is 1. The zero-order valence-corrected chi connectivity index (χ0v) is 11.6. The van der Waals surface area contributed by atoms with Crippen molar-refractivity contribution < 1.29 is 14.7 Å². The molecule has 21 heavy (non-hydrogen) atoms. The number of β-amino-alcohol motifs (C(OH)–C–C–N with tert-alkyl or cyclic N) is 1. The summed E-state index contributed by atoms with van der Waals surface area (Å²) in [5, 5.41) is 10.2. The standard InChI is InChI=1S/C17H15NO3/c1-11-6-8-12(9-7-11)15(19)10-18-16(20)13-4-2-3-5-14(13)17(18)21/h2-9,15,19H,10H2,1H3. The van der Waals surface area contributed by atoms with E-state index in [1.165, 1.54) is 0 Å². The van der Waals surface area contributed by atoms with E-state index in [0.717, 1.165) is 10.5 Å². The molecule has 0 bridgehead atoms. The number of carbonyl (C=O) groups is 2. The second kappa shape index (κ2) is 5.14. The van der Waals surface area contributed by atoms with Gasteiger partial charge in [-0.3, -0.25) is 14.5 Å². The highest BCUT2D eigenvalue weighted by Crippen LogP contribution is 2.25. The highest BCUT2D eigenvalue weighted by molar-refractivity contribution is 6.21. The predicted molar refractivity (Wildman–Crippen MR) is 77.9 cm³/mol. The Kier molecular flexibility index (Phi) is 3.31. The molecule has 1 unspecified atom stereocenters. The molecular formula is C17H15NO3. The first-order valence-electron chi connectivity index (χ1n) is 6.78. The van der Waals surface area contributed by atoms with Crippen LogP contribution < -0.4 is 0 Å². The average Bonchev–Trinajstić information content (AvgIpc) is 2.73. The van der Waals surface area contributed by atoms with E-state index in [2.05, 4.69) is 0 Å². The first kappa shape index (κ1) is 13.5. The Balaban J connectivity index is 1.82. The van der Waals surface area contributed by atoms with E-state index in [9.17, 15) is 14.7 Å². The molecule has 0 fully saturated rings. The number of hydrogen-bond donors (Lipinski definition) is 1. The van der Waals surface area contributed by atoms with Crippen molar-refractivity contribution in [2.75, 3.05) is 6.54 Å². The summed E-state index contributed by atoms with van der Waals surface area (Å²) in [7, 11) is 0. The van der Waals surface area contributed by atoms with Crippen molar-refractivity contribution in [2.45, 2.75) is 13.0 Å². The number of hydrogen-bond acceptors (Lipinski definition) is 3. The molecule has 4 nitrogen and oxygen atoms in total. The summed E-state index contributed by atoms with van der Waals surface area (Å²) in [6, 6.07) is 14.1. The molecule has 1 heterocycles. The molecule has 0 saturated heterocycles. The summed E-state index contributed by atoms with van der Waals surface area (Å²) in [5.41, 5.74) is 2.58. The van der Waals surface area contributed by atoms with Gasteiger partial charge in [0.15, 0.2) is 0 Å². The van der Waals surface area contributed by atoms with Gasteiger partial charge in [-0.25, -0.2) is 0 Å². The summed E-state index contributed by atoms with van der Waals surface area (Å²) in [4.78, 5) is 25.6. The van der Waals surface area contributed by atoms with E-state index in [4.69, 9.17) is 0 Å². The van der Waals surface area contributed by atoms with Crippen LogP contribution in [-0.4, -0.2) is 28.4 Å². The van der Waals surface area contributed by atoms with E-state index >= 15 is 0 Å².